The minimum absolute atomic E-state index is 0.0217. The van der Waals surface area contributed by atoms with Gasteiger partial charge in [0.25, 0.3) is 0 Å². The summed E-state index contributed by atoms with van der Waals surface area (Å²) >= 11 is 1.60. The molecule has 0 spiro atoms. The van der Waals surface area contributed by atoms with Gasteiger partial charge in [-0.15, -0.1) is 11.3 Å². The molecule has 0 aliphatic heterocycles. The van der Waals surface area contributed by atoms with Gasteiger partial charge in [-0.1, -0.05) is 42.5 Å². The van der Waals surface area contributed by atoms with E-state index in [4.69, 9.17) is 4.74 Å². The number of hydrogen-bond donors (Lipinski definition) is 1. The molecule has 1 N–H and O–H groups in total. The molecule has 1 unspecified atom stereocenters. The van der Waals surface area contributed by atoms with Gasteiger partial charge in [0.2, 0.25) is 5.91 Å². The highest BCUT2D eigenvalue weighted by Crippen LogP contribution is 2.19. The molecule has 3 aromatic rings. The molecule has 0 bridgehead atoms. The van der Waals surface area contributed by atoms with Crippen molar-refractivity contribution in [2.45, 2.75) is 45.8 Å². The Balaban J connectivity index is 1.52. The van der Waals surface area contributed by atoms with Crippen LogP contribution in [0.15, 0.2) is 60.0 Å². The predicted octanol–water partition coefficient (Wildman–Crippen LogP) is 4.94. The van der Waals surface area contributed by atoms with Gasteiger partial charge in [-0.2, -0.15) is 0 Å². The molecule has 0 saturated carbocycles. The Bertz CT molecular complexity index is 888. The van der Waals surface area contributed by atoms with E-state index in [0.717, 1.165) is 28.4 Å². The molecular formula is C23H26N2O2S. The van der Waals surface area contributed by atoms with E-state index in [-0.39, 0.29) is 18.1 Å². The number of nitrogens with one attached hydrogen (secondary N) is 1. The maximum atomic E-state index is 12.4. The molecule has 0 aliphatic rings. The molecule has 0 fully saturated rings. The lowest BCUT2D eigenvalue weighted by atomic mass is 10.1. The van der Waals surface area contributed by atoms with Crippen LogP contribution in [-0.2, 0) is 17.6 Å². The first kappa shape index (κ1) is 20.1. The molecule has 0 saturated heterocycles. The van der Waals surface area contributed by atoms with Crippen LogP contribution in [0, 0.1) is 0 Å². The number of nitrogens with zero attached hydrogens (tertiary/aromatic N) is 1. The third-order valence-electron chi connectivity index (χ3n) is 4.27. The van der Waals surface area contributed by atoms with Crippen molar-refractivity contribution in [3.63, 3.8) is 0 Å². The first-order valence-electron chi connectivity index (χ1n) is 9.53. The highest BCUT2D eigenvalue weighted by atomic mass is 32.1. The van der Waals surface area contributed by atoms with Gasteiger partial charge in [-0.3, -0.25) is 4.79 Å². The zero-order chi connectivity index (χ0) is 19.9. The molecule has 28 heavy (non-hydrogen) atoms. The van der Waals surface area contributed by atoms with E-state index in [1.165, 1.54) is 5.56 Å². The number of amides is 1. The summed E-state index contributed by atoms with van der Waals surface area (Å²) in [5, 5.41) is 6.05. The van der Waals surface area contributed by atoms with Crippen LogP contribution in [0.5, 0.6) is 5.75 Å². The second kappa shape index (κ2) is 9.51. The van der Waals surface area contributed by atoms with Crippen LogP contribution >= 0.6 is 11.3 Å². The number of aromatic nitrogens is 1. The van der Waals surface area contributed by atoms with Crippen molar-refractivity contribution in [2.24, 2.45) is 0 Å². The third-order valence-corrected chi connectivity index (χ3v) is 5.17. The maximum Gasteiger partial charge on any atom is 0.226 e. The largest absolute Gasteiger partial charge is 0.491 e. The molecule has 1 aromatic heterocycles. The molecule has 2 aromatic carbocycles. The number of carbonyl (C=O) groups excluding carboxylic acids is 1. The molecule has 1 atom stereocenters. The second-order valence-electron chi connectivity index (χ2n) is 7.10. The quantitative estimate of drug-likeness (QED) is 0.589. The van der Waals surface area contributed by atoms with Gasteiger partial charge in [0, 0.05) is 11.8 Å². The van der Waals surface area contributed by atoms with Gasteiger partial charge in [0.1, 0.15) is 5.75 Å². The SMILES string of the molecule is CC(C)Oc1ccc(C(C)NC(=O)Cc2csc(Cc3ccccc3)n2)cc1. The Morgan fingerprint density at radius 1 is 1.07 bits per heavy atom. The lowest BCUT2D eigenvalue weighted by Gasteiger charge is -2.15. The van der Waals surface area contributed by atoms with Crippen molar-refractivity contribution < 1.29 is 9.53 Å². The monoisotopic (exact) mass is 394 g/mol. The van der Waals surface area contributed by atoms with Crippen LogP contribution in [0.1, 0.15) is 48.6 Å². The molecule has 3 rings (SSSR count). The molecule has 0 aliphatic carbocycles. The fraction of sp³-hybridized carbons (Fsp3) is 0.304. The van der Waals surface area contributed by atoms with Crippen LogP contribution in [0.2, 0.25) is 0 Å². The molecule has 5 heteroatoms. The van der Waals surface area contributed by atoms with Crippen molar-refractivity contribution in [1.82, 2.24) is 10.3 Å². The van der Waals surface area contributed by atoms with Crippen molar-refractivity contribution in [2.75, 3.05) is 0 Å². The fourth-order valence-electron chi connectivity index (χ4n) is 2.93. The van der Waals surface area contributed by atoms with Gasteiger partial charge in [0.15, 0.2) is 0 Å². The maximum absolute atomic E-state index is 12.4. The minimum atomic E-state index is -0.0666. The van der Waals surface area contributed by atoms with Gasteiger partial charge in [0.05, 0.1) is 29.3 Å². The number of carbonyl (C=O) groups is 1. The lowest BCUT2D eigenvalue weighted by Crippen LogP contribution is -2.28. The average Bonchev–Trinajstić information content (AvgIpc) is 3.09. The van der Waals surface area contributed by atoms with Crippen LogP contribution < -0.4 is 10.1 Å². The van der Waals surface area contributed by atoms with E-state index >= 15 is 0 Å². The predicted molar refractivity (Wildman–Crippen MR) is 114 cm³/mol. The number of hydrogen-bond acceptors (Lipinski definition) is 4. The summed E-state index contributed by atoms with van der Waals surface area (Å²) in [6.07, 6.45) is 1.24. The van der Waals surface area contributed by atoms with E-state index < -0.39 is 0 Å². The first-order valence-corrected chi connectivity index (χ1v) is 10.4. The van der Waals surface area contributed by atoms with Crippen LogP contribution in [0.25, 0.3) is 0 Å². The number of benzene rings is 2. The van der Waals surface area contributed by atoms with E-state index in [1.54, 1.807) is 11.3 Å². The number of rotatable bonds is 8. The molecule has 146 valence electrons. The van der Waals surface area contributed by atoms with Gasteiger partial charge >= 0.3 is 0 Å². The molecule has 1 amide bonds. The zero-order valence-corrected chi connectivity index (χ0v) is 17.3. The topological polar surface area (TPSA) is 51.2 Å². The smallest absolute Gasteiger partial charge is 0.226 e. The van der Waals surface area contributed by atoms with E-state index in [0.29, 0.717) is 6.42 Å². The summed E-state index contributed by atoms with van der Waals surface area (Å²) in [4.78, 5) is 17.0. The Kier molecular flexibility index (Phi) is 6.82. The average molecular weight is 395 g/mol. The van der Waals surface area contributed by atoms with Crippen LogP contribution in [0.4, 0.5) is 0 Å². The van der Waals surface area contributed by atoms with Gasteiger partial charge < -0.3 is 10.1 Å². The highest BCUT2D eigenvalue weighted by molar-refractivity contribution is 7.09. The highest BCUT2D eigenvalue weighted by Gasteiger charge is 2.13. The normalized spacial score (nSPS) is 12.0. The van der Waals surface area contributed by atoms with Gasteiger partial charge in [-0.25, -0.2) is 4.98 Å². The lowest BCUT2D eigenvalue weighted by molar-refractivity contribution is -0.121. The summed E-state index contributed by atoms with van der Waals surface area (Å²) in [6, 6.07) is 18.0. The summed E-state index contributed by atoms with van der Waals surface area (Å²) in [6.45, 7) is 5.99. The number of thiazole rings is 1. The second-order valence-corrected chi connectivity index (χ2v) is 8.04. The van der Waals surface area contributed by atoms with Crippen molar-refractivity contribution in [1.29, 1.82) is 0 Å². The first-order chi connectivity index (χ1) is 13.5. The molecular weight excluding hydrogens is 368 g/mol. The summed E-state index contributed by atoms with van der Waals surface area (Å²) in [7, 11) is 0. The van der Waals surface area contributed by atoms with Crippen LogP contribution in [-0.4, -0.2) is 17.0 Å². The Morgan fingerprint density at radius 2 is 1.79 bits per heavy atom. The van der Waals surface area contributed by atoms with Gasteiger partial charge in [-0.05, 0) is 44.0 Å². The van der Waals surface area contributed by atoms with E-state index in [2.05, 4.69) is 22.4 Å². The van der Waals surface area contributed by atoms with Crippen molar-refractivity contribution in [3.05, 3.63) is 81.8 Å². The van der Waals surface area contributed by atoms with Crippen molar-refractivity contribution >= 4 is 17.2 Å². The summed E-state index contributed by atoms with van der Waals surface area (Å²) < 4.78 is 5.66. The fourth-order valence-corrected chi connectivity index (χ4v) is 3.76. The minimum Gasteiger partial charge on any atom is -0.491 e. The third kappa shape index (κ3) is 5.92. The summed E-state index contributed by atoms with van der Waals surface area (Å²) in [5.41, 5.74) is 3.10. The Morgan fingerprint density at radius 3 is 2.46 bits per heavy atom. The summed E-state index contributed by atoms with van der Waals surface area (Å²) in [5.74, 6) is 0.817. The molecule has 4 nitrogen and oxygen atoms in total. The van der Waals surface area contributed by atoms with Crippen molar-refractivity contribution in [3.8, 4) is 5.75 Å². The Labute approximate surface area is 170 Å². The zero-order valence-electron chi connectivity index (χ0n) is 16.5. The molecule has 1 heterocycles. The standard InChI is InChI=1S/C23H26N2O2S/c1-16(2)27-21-11-9-19(10-12-21)17(3)24-22(26)14-20-15-28-23(25-20)13-18-7-5-4-6-8-18/h4-12,15-17H,13-14H2,1-3H3,(H,24,26). The van der Waals surface area contributed by atoms with Crippen LogP contribution in [0.3, 0.4) is 0 Å². The Hall–Kier alpha value is -2.66. The molecule has 0 radical (unpaired) electrons. The number of ether oxygens (including phenoxy) is 1. The van der Waals surface area contributed by atoms with E-state index in [9.17, 15) is 4.79 Å². The van der Waals surface area contributed by atoms with E-state index in [1.807, 2.05) is 68.6 Å².